The Morgan fingerprint density at radius 1 is 1.18 bits per heavy atom. The van der Waals surface area contributed by atoms with E-state index in [9.17, 15) is 15.3 Å². The summed E-state index contributed by atoms with van der Waals surface area (Å²) in [6, 6.07) is 0. The van der Waals surface area contributed by atoms with Crippen molar-refractivity contribution in [2.75, 3.05) is 13.2 Å². The molecular weight excluding hydrogens is 412 g/mol. The summed E-state index contributed by atoms with van der Waals surface area (Å²) in [5.74, 6) is 1.89. The van der Waals surface area contributed by atoms with E-state index >= 15 is 0 Å². The van der Waals surface area contributed by atoms with E-state index in [0.717, 1.165) is 50.0 Å². The van der Waals surface area contributed by atoms with Gasteiger partial charge in [0.05, 0.1) is 24.4 Å². The molecular formula is C29H48O4. The van der Waals surface area contributed by atoms with Crippen LogP contribution in [0.1, 0.15) is 91.9 Å². The molecule has 0 aromatic rings. The Morgan fingerprint density at radius 2 is 1.94 bits per heavy atom. The number of aliphatic hydroxyl groups excluding tert-OH is 2. The fourth-order valence-electron chi connectivity index (χ4n) is 6.86. The molecule has 0 amide bonds. The Labute approximate surface area is 201 Å². The molecule has 0 bridgehead atoms. The maximum absolute atomic E-state index is 10.2. The predicted molar refractivity (Wildman–Crippen MR) is 135 cm³/mol. The quantitative estimate of drug-likeness (QED) is 0.385. The molecule has 3 aliphatic rings. The molecule has 3 fully saturated rings. The molecule has 0 saturated heterocycles. The number of unbranched alkanes of at least 4 members (excludes halogenated alkanes) is 1. The van der Waals surface area contributed by atoms with Gasteiger partial charge < -0.3 is 20.1 Å². The smallest absolute Gasteiger partial charge is 0.0811 e. The topological polar surface area (TPSA) is 69.9 Å². The van der Waals surface area contributed by atoms with Crippen molar-refractivity contribution in [1.29, 1.82) is 0 Å². The summed E-state index contributed by atoms with van der Waals surface area (Å²) >= 11 is 0. The van der Waals surface area contributed by atoms with Gasteiger partial charge in [0.25, 0.3) is 0 Å². The van der Waals surface area contributed by atoms with Gasteiger partial charge in [0.1, 0.15) is 0 Å². The standard InChI is InChI=1S/C29H48O4/c1-20(2)25-12-13-26-22(10-11-23-17-24(30)18-27(31)21(23)3)9-8-15-29(25,26)19-33-16-7-6-14-28(4,5)32/h10-11,20,24-27,30-32H,3,6-9,12-19H2,1-2,4-5H3/b22-10+,23-11-/t24-,25-,26+,27+,29+/m1/s1. The molecule has 0 heterocycles. The second-order valence-electron chi connectivity index (χ2n) is 12.0. The highest BCUT2D eigenvalue weighted by atomic mass is 16.5. The van der Waals surface area contributed by atoms with E-state index < -0.39 is 17.8 Å². The van der Waals surface area contributed by atoms with Gasteiger partial charge in [-0.15, -0.1) is 0 Å². The Morgan fingerprint density at radius 3 is 2.64 bits per heavy atom. The molecule has 3 rings (SSSR count). The Hall–Kier alpha value is -0.940. The third-order valence-corrected chi connectivity index (χ3v) is 8.52. The summed E-state index contributed by atoms with van der Waals surface area (Å²) in [4.78, 5) is 0. The van der Waals surface area contributed by atoms with Crippen molar-refractivity contribution in [3.05, 3.63) is 35.5 Å². The highest BCUT2D eigenvalue weighted by Gasteiger charge is 2.53. The van der Waals surface area contributed by atoms with Crippen LogP contribution in [0.5, 0.6) is 0 Å². The van der Waals surface area contributed by atoms with Crippen LogP contribution in [0.2, 0.25) is 0 Å². The number of hydrogen-bond acceptors (Lipinski definition) is 4. The molecule has 3 saturated carbocycles. The van der Waals surface area contributed by atoms with Crippen molar-refractivity contribution in [3.63, 3.8) is 0 Å². The lowest BCUT2D eigenvalue weighted by atomic mass is 9.60. The van der Waals surface area contributed by atoms with Crippen molar-refractivity contribution >= 4 is 0 Å². The summed E-state index contributed by atoms with van der Waals surface area (Å²) in [7, 11) is 0. The second kappa shape index (κ2) is 11.2. The van der Waals surface area contributed by atoms with E-state index in [4.69, 9.17) is 4.74 Å². The zero-order chi connectivity index (χ0) is 24.2. The summed E-state index contributed by atoms with van der Waals surface area (Å²) in [5.41, 5.74) is 2.90. The molecule has 0 radical (unpaired) electrons. The molecule has 0 spiro atoms. The van der Waals surface area contributed by atoms with Crippen molar-refractivity contribution in [1.82, 2.24) is 0 Å². The zero-order valence-corrected chi connectivity index (χ0v) is 21.5. The molecule has 0 aromatic heterocycles. The van der Waals surface area contributed by atoms with Crippen LogP contribution in [0.15, 0.2) is 35.5 Å². The van der Waals surface area contributed by atoms with Crippen LogP contribution in [-0.4, -0.2) is 46.3 Å². The molecule has 0 unspecified atom stereocenters. The van der Waals surface area contributed by atoms with E-state index in [1.165, 1.54) is 31.3 Å². The van der Waals surface area contributed by atoms with Crippen LogP contribution in [-0.2, 0) is 4.74 Å². The first kappa shape index (κ1) is 26.7. The molecule has 0 aliphatic heterocycles. The SMILES string of the molecule is C=C1/C(=C\C=C2/CCC[C@]3(COCCCCC(C)(C)O)[C@@H](C(C)C)CC[C@@H]23)C[C@@H](O)C[C@@H]1O. The third-order valence-electron chi connectivity index (χ3n) is 8.52. The minimum atomic E-state index is -0.634. The van der Waals surface area contributed by atoms with Crippen LogP contribution < -0.4 is 0 Å². The van der Waals surface area contributed by atoms with Crippen LogP contribution in [0, 0.1) is 23.2 Å². The van der Waals surface area contributed by atoms with Gasteiger partial charge in [0, 0.05) is 18.4 Å². The number of fused-ring (bicyclic) bond motifs is 1. The van der Waals surface area contributed by atoms with E-state index in [-0.39, 0.29) is 5.41 Å². The van der Waals surface area contributed by atoms with Gasteiger partial charge in [0.2, 0.25) is 0 Å². The van der Waals surface area contributed by atoms with Crippen LogP contribution in [0.3, 0.4) is 0 Å². The van der Waals surface area contributed by atoms with E-state index in [1.54, 1.807) is 0 Å². The second-order valence-corrected chi connectivity index (χ2v) is 12.0. The van der Waals surface area contributed by atoms with Crippen molar-refractivity contribution in [2.24, 2.45) is 23.2 Å². The lowest BCUT2D eigenvalue weighted by Gasteiger charge is -2.46. The van der Waals surface area contributed by atoms with Gasteiger partial charge in [-0.3, -0.25) is 0 Å². The third kappa shape index (κ3) is 6.60. The largest absolute Gasteiger partial charge is 0.393 e. The lowest BCUT2D eigenvalue weighted by Crippen LogP contribution is -2.42. The Kier molecular flexibility index (Phi) is 9.05. The van der Waals surface area contributed by atoms with Gasteiger partial charge in [-0.05, 0) is 101 Å². The lowest BCUT2D eigenvalue weighted by molar-refractivity contribution is -0.0297. The number of hydrogen-bond donors (Lipinski definition) is 3. The predicted octanol–water partition coefficient (Wildman–Crippen LogP) is 5.72. The first-order valence-corrected chi connectivity index (χ1v) is 13.3. The van der Waals surface area contributed by atoms with Gasteiger partial charge in [0.15, 0.2) is 0 Å². The van der Waals surface area contributed by atoms with Crippen LogP contribution in [0.4, 0.5) is 0 Å². The summed E-state index contributed by atoms with van der Waals surface area (Å²) in [6.07, 6.45) is 13.1. The number of rotatable bonds is 9. The molecule has 0 aromatic carbocycles. The van der Waals surface area contributed by atoms with E-state index in [2.05, 4.69) is 32.6 Å². The first-order chi connectivity index (χ1) is 15.5. The summed E-state index contributed by atoms with van der Waals surface area (Å²) in [5, 5.41) is 30.2. The molecule has 3 N–H and O–H groups in total. The average Bonchev–Trinajstić information content (AvgIpc) is 3.11. The van der Waals surface area contributed by atoms with Gasteiger partial charge >= 0.3 is 0 Å². The van der Waals surface area contributed by atoms with Gasteiger partial charge in [-0.1, -0.05) is 38.2 Å². The van der Waals surface area contributed by atoms with Gasteiger partial charge in [-0.2, -0.15) is 0 Å². The molecule has 5 atom stereocenters. The number of allylic oxidation sites excluding steroid dienone is 3. The normalized spacial score (nSPS) is 35.6. The minimum Gasteiger partial charge on any atom is -0.393 e. The number of aliphatic hydroxyl groups is 3. The van der Waals surface area contributed by atoms with Crippen molar-refractivity contribution in [2.45, 2.75) is 110 Å². The van der Waals surface area contributed by atoms with E-state index in [1.807, 2.05) is 13.8 Å². The summed E-state index contributed by atoms with van der Waals surface area (Å²) < 4.78 is 6.36. The van der Waals surface area contributed by atoms with Crippen LogP contribution >= 0.6 is 0 Å². The fourth-order valence-corrected chi connectivity index (χ4v) is 6.86. The highest BCUT2D eigenvalue weighted by Crippen LogP contribution is 2.59. The molecule has 4 heteroatoms. The zero-order valence-electron chi connectivity index (χ0n) is 21.5. The Bertz CT molecular complexity index is 728. The molecule has 33 heavy (non-hydrogen) atoms. The van der Waals surface area contributed by atoms with Crippen LogP contribution in [0.25, 0.3) is 0 Å². The first-order valence-electron chi connectivity index (χ1n) is 13.3. The molecule has 3 aliphatic carbocycles. The highest BCUT2D eigenvalue weighted by molar-refractivity contribution is 5.38. The maximum Gasteiger partial charge on any atom is 0.0811 e. The monoisotopic (exact) mass is 460 g/mol. The molecule has 4 nitrogen and oxygen atoms in total. The van der Waals surface area contributed by atoms with Crippen molar-refractivity contribution in [3.8, 4) is 0 Å². The Balaban J connectivity index is 1.71. The maximum atomic E-state index is 10.2. The number of ether oxygens (including phenoxy) is 1. The average molecular weight is 461 g/mol. The fraction of sp³-hybridized carbons (Fsp3) is 0.793. The summed E-state index contributed by atoms with van der Waals surface area (Å²) in [6.45, 7) is 14.2. The minimum absolute atomic E-state index is 0.218. The van der Waals surface area contributed by atoms with Gasteiger partial charge in [-0.25, -0.2) is 0 Å². The van der Waals surface area contributed by atoms with E-state index in [0.29, 0.717) is 30.6 Å². The van der Waals surface area contributed by atoms with Crippen molar-refractivity contribution < 1.29 is 20.1 Å². The molecule has 188 valence electrons.